The summed E-state index contributed by atoms with van der Waals surface area (Å²) in [5, 5.41) is 14.9. The van der Waals surface area contributed by atoms with Gasteiger partial charge in [0.1, 0.15) is 10.8 Å². The number of allylic oxidation sites excluding steroid dienone is 1. The average Bonchev–Trinajstić information content (AvgIpc) is 2.62. The van der Waals surface area contributed by atoms with E-state index in [1.54, 1.807) is 18.2 Å². The molecule has 0 aliphatic rings. The number of nitrogens with zero attached hydrogens (tertiary/aromatic N) is 3. The van der Waals surface area contributed by atoms with E-state index in [1.807, 2.05) is 0 Å². The van der Waals surface area contributed by atoms with Crippen LogP contribution >= 0.6 is 11.6 Å². The molecular formula is C16H18ClFN6O. The molecule has 1 aromatic heterocycles. The molecule has 1 heterocycles. The maximum absolute atomic E-state index is 13.7. The molecule has 2 aromatic rings. The highest BCUT2D eigenvalue weighted by Crippen LogP contribution is 2.21. The van der Waals surface area contributed by atoms with Gasteiger partial charge in [-0.2, -0.15) is 4.98 Å². The summed E-state index contributed by atoms with van der Waals surface area (Å²) in [6, 6.07) is 6.43. The molecule has 0 saturated heterocycles. The van der Waals surface area contributed by atoms with E-state index in [1.165, 1.54) is 24.7 Å². The minimum absolute atomic E-state index is 0.0596. The van der Waals surface area contributed by atoms with Crippen LogP contribution in [-0.2, 0) is 6.54 Å². The van der Waals surface area contributed by atoms with Gasteiger partial charge in [-0.1, -0.05) is 29.8 Å². The summed E-state index contributed by atoms with van der Waals surface area (Å²) in [6.07, 6.45) is 4.17. The van der Waals surface area contributed by atoms with Crippen LogP contribution in [0, 0.1) is 5.82 Å². The van der Waals surface area contributed by atoms with Crippen molar-refractivity contribution in [1.29, 1.82) is 0 Å². The first-order valence-corrected chi connectivity index (χ1v) is 7.81. The minimum Gasteiger partial charge on any atom is -0.403 e. The van der Waals surface area contributed by atoms with Crippen molar-refractivity contribution in [3.63, 3.8) is 0 Å². The van der Waals surface area contributed by atoms with Crippen LogP contribution in [0.2, 0.25) is 5.02 Å². The second-order valence-corrected chi connectivity index (χ2v) is 5.25. The van der Waals surface area contributed by atoms with Gasteiger partial charge in [0.25, 0.3) is 0 Å². The number of benzene rings is 1. The topological polar surface area (TPSA) is 108 Å². The van der Waals surface area contributed by atoms with Crippen LogP contribution in [0.1, 0.15) is 5.56 Å². The lowest BCUT2D eigenvalue weighted by Gasteiger charge is -2.10. The Hall–Kier alpha value is -2.71. The number of nitrogens with one attached hydrogen (secondary N) is 2. The van der Waals surface area contributed by atoms with Gasteiger partial charge in [-0.15, -0.1) is 0 Å². The van der Waals surface area contributed by atoms with Gasteiger partial charge in [0, 0.05) is 24.5 Å². The number of aromatic nitrogens is 2. The molecule has 0 saturated carbocycles. The first-order chi connectivity index (χ1) is 12.1. The Morgan fingerprint density at radius 1 is 1.40 bits per heavy atom. The van der Waals surface area contributed by atoms with Crippen LogP contribution in [-0.4, -0.2) is 34.4 Å². The molecule has 9 heteroatoms. The van der Waals surface area contributed by atoms with E-state index in [4.69, 9.17) is 22.4 Å². The van der Waals surface area contributed by atoms with E-state index in [9.17, 15) is 4.39 Å². The zero-order valence-corrected chi connectivity index (χ0v) is 14.0. The van der Waals surface area contributed by atoms with E-state index in [0.717, 1.165) is 0 Å². The third-order valence-electron chi connectivity index (χ3n) is 3.04. The van der Waals surface area contributed by atoms with Gasteiger partial charge in [-0.05, 0) is 6.07 Å². The summed E-state index contributed by atoms with van der Waals surface area (Å²) in [7, 11) is 0. The Bertz CT molecular complexity index is 768. The third kappa shape index (κ3) is 5.70. The van der Waals surface area contributed by atoms with Crippen LogP contribution in [0.25, 0.3) is 0 Å². The molecule has 0 unspecified atom stereocenters. The van der Waals surface area contributed by atoms with E-state index in [-0.39, 0.29) is 31.5 Å². The largest absolute Gasteiger partial charge is 0.403 e. The van der Waals surface area contributed by atoms with Crippen LogP contribution in [0.3, 0.4) is 0 Å². The number of hydrogen-bond donors (Lipinski definition) is 4. The Kier molecular flexibility index (Phi) is 7.12. The monoisotopic (exact) mass is 364 g/mol. The van der Waals surface area contributed by atoms with Crippen LogP contribution < -0.4 is 16.4 Å². The Balaban J connectivity index is 2.08. The minimum atomic E-state index is -0.313. The zero-order chi connectivity index (χ0) is 18.1. The molecule has 0 aliphatic carbocycles. The average molecular weight is 365 g/mol. The molecule has 0 spiro atoms. The smallest absolute Gasteiger partial charge is 0.229 e. The summed E-state index contributed by atoms with van der Waals surface area (Å²) < 4.78 is 13.7. The molecule has 7 nitrogen and oxygen atoms in total. The molecule has 0 bridgehead atoms. The molecule has 5 N–H and O–H groups in total. The highest BCUT2D eigenvalue weighted by Gasteiger charge is 2.07. The number of aliphatic hydroxyl groups is 1. The second-order valence-electron chi connectivity index (χ2n) is 4.84. The van der Waals surface area contributed by atoms with Crippen LogP contribution in [0.15, 0.2) is 47.4 Å². The number of hydrogen-bond acceptors (Lipinski definition) is 7. The van der Waals surface area contributed by atoms with Crippen molar-refractivity contribution in [2.75, 3.05) is 23.8 Å². The molecule has 0 fully saturated rings. The van der Waals surface area contributed by atoms with E-state index in [2.05, 4.69) is 25.6 Å². The van der Waals surface area contributed by atoms with Crippen molar-refractivity contribution in [1.82, 2.24) is 9.97 Å². The second kappa shape index (κ2) is 9.55. The molecule has 0 radical (unpaired) electrons. The standard InChI is InChI=1S/C16H18ClFN6O/c17-13-10-22-16(23-12(7-19)9-20-5-6-25)24-15(13)21-8-11-3-1-2-4-14(11)18/h1-4,7,9-10,25H,5-6,8,19H2,(H2,21,22,23,24)/b12-7+,20-9?. The maximum Gasteiger partial charge on any atom is 0.229 e. The molecule has 0 aliphatic heterocycles. The van der Waals surface area contributed by atoms with Gasteiger partial charge >= 0.3 is 0 Å². The maximum atomic E-state index is 13.7. The lowest BCUT2D eigenvalue weighted by molar-refractivity contribution is 0.307. The molecule has 2 rings (SSSR count). The fourth-order valence-corrected chi connectivity index (χ4v) is 2.00. The molecule has 25 heavy (non-hydrogen) atoms. The first kappa shape index (κ1) is 18.6. The Morgan fingerprint density at radius 3 is 2.92 bits per heavy atom. The summed E-state index contributed by atoms with van der Waals surface area (Å²) in [6.45, 7) is 0.423. The van der Waals surface area contributed by atoms with Crippen molar-refractivity contribution in [2.24, 2.45) is 10.7 Å². The molecule has 0 amide bonds. The van der Waals surface area contributed by atoms with E-state index in [0.29, 0.717) is 22.1 Å². The normalized spacial score (nSPS) is 11.7. The number of nitrogens with two attached hydrogens (primary N) is 1. The molecular weight excluding hydrogens is 347 g/mol. The number of rotatable bonds is 8. The Labute approximate surface area is 149 Å². The fraction of sp³-hybridized carbons (Fsp3) is 0.188. The van der Waals surface area contributed by atoms with Gasteiger partial charge < -0.3 is 21.5 Å². The van der Waals surface area contributed by atoms with E-state index >= 15 is 0 Å². The lowest BCUT2D eigenvalue weighted by Crippen LogP contribution is -2.10. The predicted octanol–water partition coefficient (Wildman–Crippen LogP) is 2.16. The van der Waals surface area contributed by atoms with Crippen molar-refractivity contribution >= 4 is 29.6 Å². The summed E-state index contributed by atoms with van der Waals surface area (Å²) in [5.74, 6) is 0.283. The number of anilines is 2. The van der Waals surface area contributed by atoms with Crippen molar-refractivity contribution in [3.8, 4) is 0 Å². The molecule has 0 atom stereocenters. The summed E-state index contributed by atoms with van der Waals surface area (Å²) in [5.41, 5.74) is 6.45. The van der Waals surface area contributed by atoms with E-state index < -0.39 is 0 Å². The number of halogens is 2. The van der Waals surface area contributed by atoms with Gasteiger partial charge in [0.2, 0.25) is 5.95 Å². The number of aliphatic imine (C=N–C) groups is 1. The number of aliphatic hydroxyl groups excluding tert-OH is 1. The van der Waals surface area contributed by atoms with Gasteiger partial charge in [-0.25, -0.2) is 9.37 Å². The van der Waals surface area contributed by atoms with Gasteiger partial charge in [-0.3, -0.25) is 4.99 Å². The van der Waals surface area contributed by atoms with Gasteiger partial charge in [0.05, 0.1) is 25.0 Å². The predicted molar refractivity (Wildman–Crippen MR) is 97.1 cm³/mol. The van der Waals surface area contributed by atoms with Crippen molar-refractivity contribution in [2.45, 2.75) is 6.54 Å². The molecule has 132 valence electrons. The lowest BCUT2D eigenvalue weighted by atomic mass is 10.2. The van der Waals surface area contributed by atoms with Crippen molar-refractivity contribution < 1.29 is 9.50 Å². The quantitative estimate of drug-likeness (QED) is 0.534. The summed E-state index contributed by atoms with van der Waals surface area (Å²) >= 11 is 6.07. The van der Waals surface area contributed by atoms with Crippen LogP contribution in [0.5, 0.6) is 0 Å². The summed E-state index contributed by atoms with van der Waals surface area (Å²) in [4.78, 5) is 12.2. The Morgan fingerprint density at radius 2 is 2.20 bits per heavy atom. The highest BCUT2D eigenvalue weighted by atomic mass is 35.5. The van der Waals surface area contributed by atoms with Crippen LogP contribution in [0.4, 0.5) is 16.2 Å². The van der Waals surface area contributed by atoms with Crippen molar-refractivity contribution in [3.05, 3.63) is 58.8 Å². The third-order valence-corrected chi connectivity index (χ3v) is 3.32. The first-order valence-electron chi connectivity index (χ1n) is 7.43. The SMILES string of the molecule is N/C=C(\C=NCCO)Nc1ncc(Cl)c(NCc2ccccc2F)n1. The molecule has 1 aromatic carbocycles. The highest BCUT2D eigenvalue weighted by molar-refractivity contribution is 6.32. The zero-order valence-electron chi connectivity index (χ0n) is 13.3. The van der Waals surface area contributed by atoms with Gasteiger partial charge in [0.15, 0.2) is 5.82 Å². The fourth-order valence-electron chi connectivity index (χ4n) is 1.84.